The van der Waals surface area contributed by atoms with Crippen molar-refractivity contribution >= 4 is 46.7 Å². The second-order valence-electron chi connectivity index (χ2n) is 6.76. The number of nitrogens with one attached hydrogen (secondary N) is 3. The highest BCUT2D eigenvalue weighted by Gasteiger charge is 2.06. The SMILES string of the molecule is CCNC(=NCc1cccc(N(C)C)n1)NCCc1c[nH]c2cc(F)ccc12.I. The van der Waals surface area contributed by atoms with Crippen LogP contribution < -0.4 is 15.5 Å². The van der Waals surface area contributed by atoms with Gasteiger partial charge in [0, 0.05) is 44.3 Å². The van der Waals surface area contributed by atoms with Crippen LogP contribution in [0.4, 0.5) is 10.2 Å². The zero-order valence-corrected chi connectivity index (χ0v) is 19.3. The third kappa shape index (κ3) is 6.31. The van der Waals surface area contributed by atoms with E-state index in [9.17, 15) is 4.39 Å². The fourth-order valence-corrected chi connectivity index (χ4v) is 2.99. The molecule has 0 atom stereocenters. The molecular formula is C21H28FIN6. The van der Waals surface area contributed by atoms with E-state index in [1.807, 2.05) is 56.4 Å². The third-order valence-electron chi connectivity index (χ3n) is 4.41. The van der Waals surface area contributed by atoms with Crippen molar-refractivity contribution in [3.05, 3.63) is 59.7 Å². The molecule has 0 fully saturated rings. The molecule has 29 heavy (non-hydrogen) atoms. The number of aromatic amines is 1. The van der Waals surface area contributed by atoms with Crippen LogP contribution in [0.3, 0.4) is 0 Å². The van der Waals surface area contributed by atoms with E-state index < -0.39 is 0 Å². The Morgan fingerprint density at radius 3 is 2.79 bits per heavy atom. The predicted molar refractivity (Wildman–Crippen MR) is 129 cm³/mol. The van der Waals surface area contributed by atoms with Crippen molar-refractivity contribution in [2.24, 2.45) is 4.99 Å². The topological polar surface area (TPSA) is 68.3 Å². The highest BCUT2D eigenvalue weighted by atomic mass is 127. The van der Waals surface area contributed by atoms with Gasteiger partial charge >= 0.3 is 0 Å². The Bertz CT molecular complexity index is 953. The first-order valence-corrected chi connectivity index (χ1v) is 9.47. The summed E-state index contributed by atoms with van der Waals surface area (Å²) in [4.78, 5) is 14.3. The van der Waals surface area contributed by atoms with Crippen molar-refractivity contribution in [3.8, 4) is 0 Å². The van der Waals surface area contributed by atoms with E-state index in [4.69, 9.17) is 0 Å². The molecule has 3 aromatic rings. The molecule has 0 aliphatic carbocycles. The molecule has 8 heteroatoms. The van der Waals surface area contributed by atoms with Crippen molar-refractivity contribution in [2.45, 2.75) is 19.9 Å². The molecule has 0 radical (unpaired) electrons. The molecule has 0 aliphatic rings. The van der Waals surface area contributed by atoms with Gasteiger partial charge in [-0.05, 0) is 49.2 Å². The number of benzene rings is 1. The Kier molecular flexibility index (Phi) is 8.69. The highest BCUT2D eigenvalue weighted by Crippen LogP contribution is 2.19. The first kappa shape index (κ1) is 22.9. The molecule has 3 rings (SSSR count). The van der Waals surface area contributed by atoms with Crippen molar-refractivity contribution in [1.82, 2.24) is 20.6 Å². The van der Waals surface area contributed by atoms with E-state index in [2.05, 4.69) is 25.6 Å². The summed E-state index contributed by atoms with van der Waals surface area (Å²) in [5.74, 6) is 1.44. The molecule has 0 saturated carbocycles. The van der Waals surface area contributed by atoms with Crippen LogP contribution in [0.5, 0.6) is 0 Å². The molecule has 3 N–H and O–H groups in total. The number of aliphatic imine (C=N–C) groups is 1. The normalized spacial score (nSPS) is 11.2. The Hall–Kier alpha value is -2.36. The van der Waals surface area contributed by atoms with Crippen LogP contribution in [0.2, 0.25) is 0 Å². The van der Waals surface area contributed by atoms with Crippen LogP contribution in [0.25, 0.3) is 10.9 Å². The molecule has 2 aromatic heterocycles. The first-order valence-electron chi connectivity index (χ1n) is 9.47. The minimum absolute atomic E-state index is 0. The number of aromatic nitrogens is 2. The molecule has 0 amide bonds. The number of anilines is 1. The molecule has 0 spiro atoms. The molecule has 0 saturated heterocycles. The van der Waals surface area contributed by atoms with E-state index in [1.54, 1.807) is 0 Å². The van der Waals surface area contributed by atoms with E-state index in [-0.39, 0.29) is 29.8 Å². The number of rotatable bonds is 7. The maximum absolute atomic E-state index is 13.3. The first-order chi connectivity index (χ1) is 13.6. The van der Waals surface area contributed by atoms with Crippen LogP contribution in [0.1, 0.15) is 18.2 Å². The lowest BCUT2D eigenvalue weighted by atomic mass is 10.1. The van der Waals surface area contributed by atoms with Gasteiger partial charge in [-0.15, -0.1) is 24.0 Å². The van der Waals surface area contributed by atoms with Crippen LogP contribution in [0, 0.1) is 5.82 Å². The third-order valence-corrected chi connectivity index (χ3v) is 4.41. The number of H-pyrrole nitrogens is 1. The van der Waals surface area contributed by atoms with Gasteiger partial charge in [0.1, 0.15) is 11.6 Å². The van der Waals surface area contributed by atoms with Crippen molar-refractivity contribution in [1.29, 1.82) is 0 Å². The molecule has 2 heterocycles. The molecule has 0 aliphatic heterocycles. The Balaban J connectivity index is 0.00000300. The minimum atomic E-state index is -0.229. The lowest BCUT2D eigenvalue weighted by molar-refractivity contribution is 0.629. The fourth-order valence-electron chi connectivity index (χ4n) is 2.99. The number of pyridine rings is 1. The summed E-state index contributed by atoms with van der Waals surface area (Å²) < 4.78 is 13.3. The molecule has 6 nitrogen and oxygen atoms in total. The number of nitrogens with zero attached hydrogens (tertiary/aromatic N) is 3. The second kappa shape index (κ2) is 11.0. The monoisotopic (exact) mass is 510 g/mol. The minimum Gasteiger partial charge on any atom is -0.363 e. The Morgan fingerprint density at radius 1 is 1.21 bits per heavy atom. The smallest absolute Gasteiger partial charge is 0.191 e. The Morgan fingerprint density at radius 2 is 2.03 bits per heavy atom. The van der Waals surface area contributed by atoms with Crippen LogP contribution in [0.15, 0.2) is 47.6 Å². The van der Waals surface area contributed by atoms with Gasteiger partial charge in [-0.3, -0.25) is 0 Å². The lowest BCUT2D eigenvalue weighted by Crippen LogP contribution is -2.38. The van der Waals surface area contributed by atoms with E-state index in [0.29, 0.717) is 6.54 Å². The number of hydrogen-bond donors (Lipinski definition) is 3. The predicted octanol–water partition coefficient (Wildman–Crippen LogP) is 3.68. The lowest BCUT2D eigenvalue weighted by Gasteiger charge is -2.13. The van der Waals surface area contributed by atoms with Gasteiger partial charge in [-0.25, -0.2) is 14.4 Å². The highest BCUT2D eigenvalue weighted by molar-refractivity contribution is 14.0. The molecule has 0 unspecified atom stereocenters. The van der Waals surface area contributed by atoms with Crippen LogP contribution >= 0.6 is 24.0 Å². The number of fused-ring (bicyclic) bond motifs is 1. The largest absolute Gasteiger partial charge is 0.363 e. The van der Waals surface area contributed by atoms with Crippen molar-refractivity contribution < 1.29 is 4.39 Å². The molecule has 0 bridgehead atoms. The van der Waals surface area contributed by atoms with Crippen molar-refractivity contribution in [3.63, 3.8) is 0 Å². The van der Waals surface area contributed by atoms with Crippen molar-refractivity contribution in [2.75, 3.05) is 32.1 Å². The van der Waals surface area contributed by atoms with Gasteiger partial charge < -0.3 is 20.5 Å². The average Bonchev–Trinajstić information content (AvgIpc) is 3.08. The van der Waals surface area contributed by atoms with E-state index >= 15 is 0 Å². The molecule has 156 valence electrons. The standard InChI is InChI=1S/C21H27FN6.HI/c1-4-23-21(26-14-17-6-5-7-20(27-17)28(2)3)24-11-10-15-13-25-19-12-16(22)8-9-18(15)19;/h5-9,12-13,25H,4,10-11,14H2,1-3H3,(H2,23,24,26);1H. The summed E-state index contributed by atoms with van der Waals surface area (Å²) in [6.07, 6.45) is 2.75. The zero-order chi connectivity index (χ0) is 19.9. The number of halogens is 2. The van der Waals surface area contributed by atoms with Crippen LogP contribution in [-0.2, 0) is 13.0 Å². The van der Waals surface area contributed by atoms with E-state index in [0.717, 1.165) is 53.4 Å². The molecular weight excluding hydrogens is 482 g/mol. The van der Waals surface area contributed by atoms with Gasteiger partial charge in [0.25, 0.3) is 0 Å². The van der Waals surface area contributed by atoms with Gasteiger partial charge in [0.05, 0.1) is 12.2 Å². The maximum Gasteiger partial charge on any atom is 0.191 e. The van der Waals surface area contributed by atoms with E-state index in [1.165, 1.54) is 12.1 Å². The van der Waals surface area contributed by atoms with Gasteiger partial charge in [-0.2, -0.15) is 0 Å². The van der Waals surface area contributed by atoms with Gasteiger partial charge in [-0.1, -0.05) is 6.07 Å². The summed E-state index contributed by atoms with van der Waals surface area (Å²) in [6, 6.07) is 10.8. The molecule has 1 aromatic carbocycles. The summed E-state index contributed by atoms with van der Waals surface area (Å²) >= 11 is 0. The average molecular weight is 510 g/mol. The number of hydrogen-bond acceptors (Lipinski definition) is 3. The second-order valence-corrected chi connectivity index (χ2v) is 6.76. The van der Waals surface area contributed by atoms with Gasteiger partial charge in [0.2, 0.25) is 0 Å². The van der Waals surface area contributed by atoms with Gasteiger partial charge in [0.15, 0.2) is 5.96 Å². The number of guanidine groups is 1. The van der Waals surface area contributed by atoms with Crippen LogP contribution in [-0.4, -0.2) is 43.1 Å². The Labute approximate surface area is 188 Å². The fraction of sp³-hybridized carbons (Fsp3) is 0.333. The summed E-state index contributed by atoms with van der Waals surface area (Å²) in [6.45, 7) is 4.05. The summed E-state index contributed by atoms with van der Waals surface area (Å²) in [5.41, 5.74) is 2.89. The quantitative estimate of drug-likeness (QED) is 0.258. The zero-order valence-electron chi connectivity index (χ0n) is 17.0. The summed E-state index contributed by atoms with van der Waals surface area (Å²) in [5, 5.41) is 7.66. The maximum atomic E-state index is 13.3. The summed E-state index contributed by atoms with van der Waals surface area (Å²) in [7, 11) is 3.94.